The van der Waals surface area contributed by atoms with Crippen LogP contribution in [0.25, 0.3) is 0 Å². The van der Waals surface area contributed by atoms with Gasteiger partial charge in [0.1, 0.15) is 0 Å². The van der Waals surface area contributed by atoms with Crippen LogP contribution in [0.1, 0.15) is 46.5 Å². The standard InChI is InChI=1S/C11H22O3/c1-9(6-5-7-10(12)13)8-11(2,3)14-4/h9H,5-8H2,1-4H3,(H,12,13). The normalized spacial score (nSPS) is 14.0. The first-order chi connectivity index (χ1) is 6.37. The monoisotopic (exact) mass is 202 g/mol. The van der Waals surface area contributed by atoms with Gasteiger partial charge in [-0.1, -0.05) is 13.3 Å². The summed E-state index contributed by atoms with van der Waals surface area (Å²) < 4.78 is 5.32. The highest BCUT2D eigenvalue weighted by Crippen LogP contribution is 2.22. The van der Waals surface area contributed by atoms with E-state index in [4.69, 9.17) is 9.84 Å². The van der Waals surface area contributed by atoms with E-state index in [-0.39, 0.29) is 12.0 Å². The Bertz CT molecular complexity index is 175. The van der Waals surface area contributed by atoms with Crippen LogP contribution in [0.3, 0.4) is 0 Å². The molecule has 0 amide bonds. The molecule has 1 N–H and O–H groups in total. The van der Waals surface area contributed by atoms with E-state index < -0.39 is 5.97 Å². The summed E-state index contributed by atoms with van der Waals surface area (Å²) in [4.78, 5) is 10.3. The zero-order chi connectivity index (χ0) is 11.2. The number of aliphatic carboxylic acids is 1. The third-order valence-corrected chi connectivity index (χ3v) is 2.48. The molecular weight excluding hydrogens is 180 g/mol. The average Bonchev–Trinajstić information content (AvgIpc) is 2.02. The van der Waals surface area contributed by atoms with E-state index in [1.165, 1.54) is 0 Å². The molecule has 0 aromatic heterocycles. The highest BCUT2D eigenvalue weighted by atomic mass is 16.5. The molecule has 1 unspecified atom stereocenters. The zero-order valence-corrected chi connectivity index (χ0v) is 9.67. The largest absolute Gasteiger partial charge is 0.481 e. The SMILES string of the molecule is COC(C)(C)CC(C)CCCC(=O)O. The summed E-state index contributed by atoms with van der Waals surface area (Å²) in [6.45, 7) is 6.25. The summed E-state index contributed by atoms with van der Waals surface area (Å²) in [5.74, 6) is -0.187. The molecule has 1 atom stereocenters. The van der Waals surface area contributed by atoms with Crippen LogP contribution in [-0.4, -0.2) is 23.8 Å². The molecule has 3 nitrogen and oxygen atoms in total. The van der Waals surface area contributed by atoms with E-state index in [2.05, 4.69) is 20.8 Å². The van der Waals surface area contributed by atoms with E-state index in [0.29, 0.717) is 5.92 Å². The molecule has 0 bridgehead atoms. The number of hydrogen-bond donors (Lipinski definition) is 1. The summed E-state index contributed by atoms with van der Waals surface area (Å²) in [6, 6.07) is 0. The van der Waals surface area contributed by atoms with Gasteiger partial charge in [0.15, 0.2) is 0 Å². The zero-order valence-electron chi connectivity index (χ0n) is 9.67. The van der Waals surface area contributed by atoms with Gasteiger partial charge in [-0.2, -0.15) is 0 Å². The average molecular weight is 202 g/mol. The van der Waals surface area contributed by atoms with E-state index >= 15 is 0 Å². The van der Waals surface area contributed by atoms with Gasteiger partial charge in [-0.15, -0.1) is 0 Å². The second kappa shape index (κ2) is 6.02. The third-order valence-electron chi connectivity index (χ3n) is 2.48. The van der Waals surface area contributed by atoms with Crippen molar-refractivity contribution in [3.05, 3.63) is 0 Å². The van der Waals surface area contributed by atoms with Crippen molar-refractivity contribution in [2.45, 2.75) is 52.1 Å². The summed E-state index contributed by atoms with van der Waals surface area (Å²) >= 11 is 0. The minimum absolute atomic E-state index is 0.0946. The lowest BCUT2D eigenvalue weighted by Crippen LogP contribution is -2.25. The summed E-state index contributed by atoms with van der Waals surface area (Å²) in [7, 11) is 1.71. The molecule has 0 aromatic carbocycles. The highest BCUT2D eigenvalue weighted by molar-refractivity contribution is 5.66. The first-order valence-corrected chi connectivity index (χ1v) is 5.14. The number of carboxylic acid groups (broad SMARTS) is 1. The third kappa shape index (κ3) is 6.89. The minimum Gasteiger partial charge on any atom is -0.481 e. The van der Waals surface area contributed by atoms with Gasteiger partial charge < -0.3 is 9.84 Å². The summed E-state index contributed by atoms with van der Waals surface area (Å²) in [5.41, 5.74) is -0.0946. The van der Waals surface area contributed by atoms with Crippen LogP contribution < -0.4 is 0 Å². The van der Waals surface area contributed by atoms with Crippen LogP contribution in [0.15, 0.2) is 0 Å². The Balaban J connectivity index is 3.65. The van der Waals surface area contributed by atoms with Gasteiger partial charge in [0.25, 0.3) is 0 Å². The van der Waals surface area contributed by atoms with E-state index in [9.17, 15) is 4.79 Å². The number of carboxylic acids is 1. The van der Waals surface area contributed by atoms with Crippen molar-refractivity contribution in [3.8, 4) is 0 Å². The van der Waals surface area contributed by atoms with Crippen LogP contribution in [-0.2, 0) is 9.53 Å². The maximum absolute atomic E-state index is 10.3. The molecule has 0 radical (unpaired) electrons. The fourth-order valence-electron chi connectivity index (χ4n) is 1.63. The van der Waals surface area contributed by atoms with Crippen molar-refractivity contribution in [2.75, 3.05) is 7.11 Å². The van der Waals surface area contributed by atoms with Crippen molar-refractivity contribution in [3.63, 3.8) is 0 Å². The maximum Gasteiger partial charge on any atom is 0.303 e. The van der Waals surface area contributed by atoms with Crippen molar-refractivity contribution >= 4 is 5.97 Å². The number of rotatable bonds is 7. The lowest BCUT2D eigenvalue weighted by molar-refractivity contribution is -0.137. The molecule has 0 rings (SSSR count). The Labute approximate surface area is 86.5 Å². The Morgan fingerprint density at radius 2 is 2.07 bits per heavy atom. The molecule has 0 aliphatic heterocycles. The molecule has 0 aromatic rings. The summed E-state index contributed by atoms with van der Waals surface area (Å²) in [6.07, 6.45) is 2.97. The molecule has 0 aliphatic rings. The highest BCUT2D eigenvalue weighted by Gasteiger charge is 2.19. The number of carbonyl (C=O) groups is 1. The van der Waals surface area contributed by atoms with E-state index in [1.54, 1.807) is 7.11 Å². The molecule has 0 spiro atoms. The van der Waals surface area contributed by atoms with Crippen molar-refractivity contribution in [2.24, 2.45) is 5.92 Å². The van der Waals surface area contributed by atoms with Gasteiger partial charge >= 0.3 is 5.97 Å². The maximum atomic E-state index is 10.3. The lowest BCUT2D eigenvalue weighted by atomic mass is 9.91. The van der Waals surface area contributed by atoms with Gasteiger partial charge in [0, 0.05) is 13.5 Å². The molecule has 0 heterocycles. The molecule has 0 aliphatic carbocycles. The number of hydrogen-bond acceptors (Lipinski definition) is 2. The lowest BCUT2D eigenvalue weighted by Gasteiger charge is -2.26. The van der Waals surface area contributed by atoms with Crippen LogP contribution in [0.2, 0.25) is 0 Å². The topological polar surface area (TPSA) is 46.5 Å². The Morgan fingerprint density at radius 1 is 1.50 bits per heavy atom. The summed E-state index contributed by atoms with van der Waals surface area (Å²) in [5, 5.41) is 8.48. The molecule has 84 valence electrons. The van der Waals surface area contributed by atoms with Gasteiger partial charge in [-0.05, 0) is 32.6 Å². The molecule has 14 heavy (non-hydrogen) atoms. The minimum atomic E-state index is -0.705. The van der Waals surface area contributed by atoms with Gasteiger partial charge in [0.05, 0.1) is 5.60 Å². The van der Waals surface area contributed by atoms with Gasteiger partial charge in [0.2, 0.25) is 0 Å². The fraction of sp³-hybridized carbons (Fsp3) is 0.909. The second-order valence-corrected chi connectivity index (χ2v) is 4.56. The van der Waals surface area contributed by atoms with E-state index in [0.717, 1.165) is 19.3 Å². The first-order valence-electron chi connectivity index (χ1n) is 5.14. The Morgan fingerprint density at radius 3 is 2.50 bits per heavy atom. The quantitative estimate of drug-likeness (QED) is 0.690. The molecule has 3 heteroatoms. The fourth-order valence-corrected chi connectivity index (χ4v) is 1.63. The van der Waals surface area contributed by atoms with Gasteiger partial charge in [-0.25, -0.2) is 0 Å². The van der Waals surface area contributed by atoms with Crippen molar-refractivity contribution in [1.29, 1.82) is 0 Å². The van der Waals surface area contributed by atoms with Crippen molar-refractivity contribution < 1.29 is 14.6 Å². The smallest absolute Gasteiger partial charge is 0.303 e. The molecule has 0 saturated heterocycles. The van der Waals surface area contributed by atoms with Crippen molar-refractivity contribution in [1.82, 2.24) is 0 Å². The van der Waals surface area contributed by atoms with Crippen LogP contribution in [0.5, 0.6) is 0 Å². The van der Waals surface area contributed by atoms with Crippen LogP contribution in [0.4, 0.5) is 0 Å². The number of methoxy groups -OCH3 is 1. The van der Waals surface area contributed by atoms with Crippen LogP contribution in [0, 0.1) is 5.92 Å². The predicted molar refractivity (Wildman–Crippen MR) is 56.4 cm³/mol. The second-order valence-electron chi connectivity index (χ2n) is 4.56. The van der Waals surface area contributed by atoms with Crippen LogP contribution >= 0.6 is 0 Å². The number of ether oxygens (including phenoxy) is 1. The Kier molecular flexibility index (Phi) is 5.77. The van der Waals surface area contributed by atoms with E-state index in [1.807, 2.05) is 0 Å². The first kappa shape index (κ1) is 13.4. The molecular formula is C11H22O3. The predicted octanol–water partition coefficient (Wildman–Crippen LogP) is 2.69. The molecule has 0 saturated carbocycles. The van der Waals surface area contributed by atoms with Gasteiger partial charge in [-0.3, -0.25) is 4.79 Å². The molecule has 0 fully saturated rings. The Hall–Kier alpha value is -0.570.